The van der Waals surface area contributed by atoms with Crippen molar-refractivity contribution in [1.82, 2.24) is 0 Å². The Labute approximate surface area is 281 Å². The van der Waals surface area contributed by atoms with Gasteiger partial charge in [-0.15, -0.1) is 4.33 Å². The first-order valence-electron chi connectivity index (χ1n) is 14.8. The number of aryl methyl sites for hydroxylation is 1. The molecule has 14 heteroatoms. The maximum absolute atomic E-state index is 11.6. The summed E-state index contributed by atoms with van der Waals surface area (Å²) < 4.78 is 71.8. The van der Waals surface area contributed by atoms with Crippen molar-refractivity contribution in [2.45, 2.75) is 57.3 Å². The third-order valence-corrected chi connectivity index (χ3v) is 10.4. The van der Waals surface area contributed by atoms with Crippen molar-refractivity contribution in [2.75, 3.05) is 29.5 Å². The molecule has 0 saturated carbocycles. The predicted molar refractivity (Wildman–Crippen MR) is 184 cm³/mol. The zero-order chi connectivity index (χ0) is 34.8. The second-order valence-corrected chi connectivity index (χ2v) is 16.5. The van der Waals surface area contributed by atoms with Gasteiger partial charge in [-0.2, -0.15) is 21.4 Å². The minimum atomic E-state index is -4.21. The van der Waals surface area contributed by atoms with E-state index in [0.717, 1.165) is 57.1 Å². The average molecular weight is 706 g/mol. The van der Waals surface area contributed by atoms with Crippen molar-refractivity contribution in [3.05, 3.63) is 101 Å². The van der Waals surface area contributed by atoms with Gasteiger partial charge in [-0.1, -0.05) is 66.5 Å². The van der Waals surface area contributed by atoms with Crippen LogP contribution in [0.3, 0.4) is 0 Å². The van der Waals surface area contributed by atoms with Gasteiger partial charge in [-0.05, 0) is 57.5 Å². The summed E-state index contributed by atoms with van der Waals surface area (Å²) in [5.41, 5.74) is 6.49. The number of benzene rings is 2. The van der Waals surface area contributed by atoms with Gasteiger partial charge in [0, 0.05) is 45.9 Å². The van der Waals surface area contributed by atoms with Crippen LogP contribution in [0.4, 0.5) is 11.4 Å². The van der Waals surface area contributed by atoms with E-state index >= 15 is 0 Å². The van der Waals surface area contributed by atoms with Gasteiger partial charge in [0.15, 0.2) is 12.3 Å². The van der Waals surface area contributed by atoms with Crippen molar-refractivity contribution in [3.8, 4) is 0 Å². The van der Waals surface area contributed by atoms with Gasteiger partial charge in [0.05, 0.1) is 23.2 Å². The lowest BCUT2D eigenvalue weighted by Crippen LogP contribution is -2.30. The molecule has 2 aromatic rings. The van der Waals surface area contributed by atoms with Gasteiger partial charge in [-0.25, -0.2) is 5.26 Å². The highest BCUT2D eigenvalue weighted by atomic mass is 32.2. The van der Waals surface area contributed by atoms with Crippen molar-refractivity contribution >= 4 is 49.4 Å². The Bertz CT molecular complexity index is 1910. The first-order chi connectivity index (χ1) is 21.8. The topological polar surface area (TPSA) is 154 Å². The molecule has 2 heterocycles. The molecule has 254 valence electrons. The quantitative estimate of drug-likeness (QED) is 0.0536. The zero-order valence-electron chi connectivity index (χ0n) is 27.2. The number of hydrogen-bond donors (Lipinski definition) is 3. The number of allylic oxidation sites excluding steroid dienone is 8. The van der Waals surface area contributed by atoms with Crippen LogP contribution in [-0.2, 0) is 40.4 Å². The fraction of sp³-hybridized carbons (Fsp3) is 0.364. The van der Waals surface area contributed by atoms with E-state index in [4.69, 9.17) is 5.26 Å². The Morgan fingerprint density at radius 3 is 2.32 bits per heavy atom. The summed E-state index contributed by atoms with van der Waals surface area (Å²) in [6.07, 6.45) is 11.5. The molecule has 0 unspecified atom stereocenters. The standard InChI is InChI=1S/C33H40N2O9S3/c1-23(9-7-11-30-32(3,4)26-21-24(2)13-15-28(26)34(30)17-19-46(37,38)39)10-8-12-31-33(5,6)27-22-25(45-44-43-36)14-16-29(27)35(31)18-20-47(40,41)42/h7-16,21-22H,17-20H2,1-6H3,(H2-,36,37,38,39,40,41,42)/p+1. The molecule has 3 N–H and O–H groups in total. The van der Waals surface area contributed by atoms with E-state index in [0.29, 0.717) is 4.90 Å². The second-order valence-electron chi connectivity index (χ2n) is 12.6. The van der Waals surface area contributed by atoms with E-state index < -0.39 is 42.6 Å². The molecular formula is C33H41N2O9S3+. The maximum Gasteiger partial charge on any atom is 0.271 e. The molecular weight excluding hydrogens is 665 g/mol. The van der Waals surface area contributed by atoms with E-state index in [9.17, 15) is 25.9 Å². The summed E-state index contributed by atoms with van der Waals surface area (Å²) >= 11 is 0.830. The van der Waals surface area contributed by atoms with Crippen molar-refractivity contribution in [3.63, 3.8) is 0 Å². The second kappa shape index (κ2) is 14.2. The SMILES string of the molecule is CC(C=C/C=C1/N(CCS(=O)(=O)O)c2ccc(C)cc2C1(C)C)=CC=CC1=[N+](CCS(=O)(=O)O)c2ccc(SOOO)cc2C1(C)C. The molecule has 0 spiro atoms. The van der Waals surface area contributed by atoms with Crippen molar-refractivity contribution in [1.29, 1.82) is 0 Å². The van der Waals surface area contributed by atoms with Crippen LogP contribution in [0.25, 0.3) is 0 Å². The molecule has 11 nitrogen and oxygen atoms in total. The number of hydrogen-bond acceptors (Lipinski definition) is 9. The summed E-state index contributed by atoms with van der Waals surface area (Å²) in [7, 11) is -8.36. The Morgan fingerprint density at radius 1 is 0.957 bits per heavy atom. The molecule has 2 aliphatic rings. The number of anilines is 1. The highest BCUT2D eigenvalue weighted by Crippen LogP contribution is 2.48. The van der Waals surface area contributed by atoms with Crippen LogP contribution in [0, 0.1) is 6.92 Å². The number of fused-ring (bicyclic) bond motifs is 2. The largest absolute Gasteiger partial charge is 0.343 e. The van der Waals surface area contributed by atoms with Gasteiger partial charge in [0.25, 0.3) is 20.2 Å². The lowest BCUT2D eigenvalue weighted by atomic mass is 9.81. The van der Waals surface area contributed by atoms with Gasteiger partial charge >= 0.3 is 0 Å². The van der Waals surface area contributed by atoms with Crippen molar-refractivity contribution < 1.29 is 45.1 Å². The molecule has 0 amide bonds. The van der Waals surface area contributed by atoms with Gasteiger partial charge in [-0.3, -0.25) is 9.11 Å². The summed E-state index contributed by atoms with van der Waals surface area (Å²) in [5, 5.41) is 12.3. The summed E-state index contributed by atoms with van der Waals surface area (Å²) in [6.45, 7) is 12.3. The first kappa shape index (κ1) is 36.8. The van der Waals surface area contributed by atoms with E-state index in [2.05, 4.69) is 29.3 Å². The zero-order valence-corrected chi connectivity index (χ0v) is 29.6. The third-order valence-electron chi connectivity index (χ3n) is 8.44. The highest BCUT2D eigenvalue weighted by Gasteiger charge is 2.45. The molecule has 4 rings (SSSR count). The lowest BCUT2D eigenvalue weighted by Gasteiger charge is -2.26. The Morgan fingerprint density at radius 2 is 1.66 bits per heavy atom. The summed E-state index contributed by atoms with van der Waals surface area (Å²) in [6, 6.07) is 11.5. The van der Waals surface area contributed by atoms with E-state index in [1.807, 2.05) is 97.9 Å². The van der Waals surface area contributed by atoms with Crippen LogP contribution >= 0.6 is 12.0 Å². The lowest BCUT2D eigenvalue weighted by molar-refractivity contribution is -0.432. The molecule has 2 aromatic carbocycles. The summed E-state index contributed by atoms with van der Waals surface area (Å²) in [4.78, 5) is 2.61. The Hall–Kier alpha value is -3.08. The first-order valence-corrected chi connectivity index (χ1v) is 18.8. The van der Waals surface area contributed by atoms with Gasteiger partial charge in [0.1, 0.15) is 5.75 Å². The monoisotopic (exact) mass is 705 g/mol. The fourth-order valence-electron chi connectivity index (χ4n) is 6.08. The molecule has 0 aliphatic carbocycles. The van der Waals surface area contributed by atoms with Crippen LogP contribution < -0.4 is 4.90 Å². The summed E-state index contributed by atoms with van der Waals surface area (Å²) in [5.74, 6) is -0.850. The molecule has 0 atom stereocenters. The fourth-order valence-corrected chi connectivity index (χ4v) is 7.31. The number of rotatable bonds is 13. The normalized spacial score (nSPS) is 18.6. The van der Waals surface area contributed by atoms with E-state index in [1.165, 1.54) is 0 Å². The molecule has 0 aromatic heterocycles. The molecule has 2 aliphatic heterocycles. The molecule has 0 saturated heterocycles. The van der Waals surface area contributed by atoms with Gasteiger partial charge in [0.2, 0.25) is 5.69 Å². The smallest absolute Gasteiger partial charge is 0.271 e. The van der Waals surface area contributed by atoms with Crippen LogP contribution in [0.1, 0.15) is 51.3 Å². The van der Waals surface area contributed by atoms with Crippen LogP contribution in [0.15, 0.2) is 89.0 Å². The molecule has 47 heavy (non-hydrogen) atoms. The van der Waals surface area contributed by atoms with Crippen molar-refractivity contribution in [2.24, 2.45) is 0 Å². The Balaban J connectivity index is 1.62. The van der Waals surface area contributed by atoms with Crippen LogP contribution in [-0.4, -0.2) is 66.1 Å². The number of nitrogens with zero attached hydrogens (tertiary/aromatic N) is 2. The minimum absolute atomic E-state index is 0.0413. The van der Waals surface area contributed by atoms with E-state index in [-0.39, 0.29) is 13.1 Å². The average Bonchev–Trinajstić information content (AvgIpc) is 3.31. The van der Waals surface area contributed by atoms with Crippen LogP contribution in [0.2, 0.25) is 0 Å². The van der Waals surface area contributed by atoms with Gasteiger partial charge < -0.3 is 4.90 Å². The molecule has 0 fully saturated rings. The molecule has 0 bridgehead atoms. The highest BCUT2D eigenvalue weighted by molar-refractivity contribution is 7.94. The predicted octanol–water partition coefficient (Wildman–Crippen LogP) is 6.32. The molecule has 0 radical (unpaired) electrons. The minimum Gasteiger partial charge on any atom is -0.343 e. The van der Waals surface area contributed by atoms with E-state index in [1.54, 1.807) is 6.07 Å². The Kier molecular flexibility index (Phi) is 11.1. The van der Waals surface area contributed by atoms with Crippen LogP contribution in [0.5, 0.6) is 0 Å². The maximum atomic E-state index is 11.6. The third kappa shape index (κ3) is 8.69.